The number of amides is 1. The first-order valence-corrected chi connectivity index (χ1v) is 8.25. The van der Waals surface area contributed by atoms with Crippen LogP contribution in [0.2, 0.25) is 0 Å². The van der Waals surface area contributed by atoms with Gasteiger partial charge in [0.15, 0.2) is 0 Å². The van der Waals surface area contributed by atoms with Gasteiger partial charge in [-0.1, -0.05) is 0 Å². The first-order valence-electron chi connectivity index (χ1n) is 8.25. The van der Waals surface area contributed by atoms with E-state index < -0.39 is 5.69 Å². The molecule has 0 radical (unpaired) electrons. The smallest absolute Gasteiger partial charge is 0.331 e. The van der Waals surface area contributed by atoms with Gasteiger partial charge in [-0.05, 0) is 39.3 Å². The number of aromatic nitrogens is 2. The minimum Gasteiger partial charge on any atom is -0.337 e. The van der Waals surface area contributed by atoms with Crippen LogP contribution >= 0.6 is 0 Å². The van der Waals surface area contributed by atoms with Gasteiger partial charge < -0.3 is 9.80 Å². The Balaban J connectivity index is 1.76. The van der Waals surface area contributed by atoms with Crippen molar-refractivity contribution in [1.82, 2.24) is 18.9 Å². The molecule has 2 aliphatic rings. The molecule has 0 N–H and O–H groups in total. The van der Waals surface area contributed by atoms with Crippen LogP contribution in [0.1, 0.15) is 25.7 Å². The molecule has 1 amide bonds. The van der Waals surface area contributed by atoms with Crippen LogP contribution in [-0.4, -0.2) is 57.1 Å². The predicted octanol–water partition coefficient (Wildman–Crippen LogP) is -0.368. The quantitative estimate of drug-likeness (QED) is 0.762. The molecule has 2 saturated heterocycles. The summed E-state index contributed by atoms with van der Waals surface area (Å²) in [5.41, 5.74) is -0.801. The van der Waals surface area contributed by atoms with E-state index in [-0.39, 0.29) is 24.1 Å². The number of rotatable bonds is 3. The molecule has 0 spiro atoms. The highest BCUT2D eigenvalue weighted by Gasteiger charge is 2.38. The van der Waals surface area contributed by atoms with Crippen LogP contribution in [0.15, 0.2) is 21.9 Å². The number of hydrogen-bond donors (Lipinski definition) is 0. The van der Waals surface area contributed by atoms with E-state index in [1.54, 1.807) is 0 Å². The lowest BCUT2D eigenvalue weighted by Gasteiger charge is -2.33. The second-order valence-corrected chi connectivity index (χ2v) is 6.61. The topological polar surface area (TPSA) is 67.5 Å². The third kappa shape index (κ3) is 2.97. The Morgan fingerprint density at radius 3 is 2.52 bits per heavy atom. The fraction of sp³-hybridized carbons (Fsp3) is 0.688. The van der Waals surface area contributed by atoms with Crippen LogP contribution in [0.25, 0.3) is 0 Å². The summed E-state index contributed by atoms with van der Waals surface area (Å²) in [4.78, 5) is 40.5. The summed E-state index contributed by atoms with van der Waals surface area (Å²) in [5.74, 6) is -0.0338. The Morgan fingerprint density at radius 2 is 1.83 bits per heavy atom. The summed E-state index contributed by atoms with van der Waals surface area (Å²) in [6.45, 7) is 1.84. The van der Waals surface area contributed by atoms with Crippen molar-refractivity contribution in [1.29, 1.82) is 0 Å². The summed E-state index contributed by atoms with van der Waals surface area (Å²) in [7, 11) is 3.55. The molecule has 0 bridgehead atoms. The van der Waals surface area contributed by atoms with E-state index in [4.69, 9.17) is 0 Å². The lowest BCUT2D eigenvalue weighted by atomic mass is 10.0. The highest BCUT2D eigenvalue weighted by molar-refractivity contribution is 5.76. The number of hydrogen-bond acceptors (Lipinski definition) is 4. The maximum Gasteiger partial charge on any atom is 0.331 e. The molecule has 0 aromatic carbocycles. The zero-order valence-corrected chi connectivity index (χ0v) is 13.8. The molecular weight excluding hydrogens is 296 g/mol. The Morgan fingerprint density at radius 1 is 1.13 bits per heavy atom. The van der Waals surface area contributed by atoms with E-state index in [0.29, 0.717) is 6.04 Å². The highest BCUT2D eigenvalue weighted by atomic mass is 16.2. The van der Waals surface area contributed by atoms with Gasteiger partial charge in [0.05, 0.1) is 0 Å². The zero-order valence-electron chi connectivity index (χ0n) is 13.8. The number of likely N-dealkylation sites (tertiary alicyclic amines) is 2. The van der Waals surface area contributed by atoms with Crippen LogP contribution in [0, 0.1) is 0 Å². The van der Waals surface area contributed by atoms with Crippen molar-refractivity contribution in [3.8, 4) is 0 Å². The van der Waals surface area contributed by atoms with Gasteiger partial charge in [-0.15, -0.1) is 0 Å². The normalized spacial score (nSPS) is 25.2. The minimum atomic E-state index is -0.445. The van der Waals surface area contributed by atoms with E-state index in [1.807, 2.05) is 4.90 Å². The third-order valence-electron chi connectivity index (χ3n) is 5.21. The SMILES string of the molecule is CN1CCC[C@@H]1[C@H]1CCCN1C(=O)Cn1ccc(=O)n(C)c1=O. The van der Waals surface area contributed by atoms with Crippen molar-refractivity contribution in [3.05, 3.63) is 33.1 Å². The highest BCUT2D eigenvalue weighted by Crippen LogP contribution is 2.29. The molecule has 7 heteroatoms. The van der Waals surface area contributed by atoms with Gasteiger partial charge in [0.25, 0.3) is 5.56 Å². The van der Waals surface area contributed by atoms with Crippen molar-refractivity contribution in [2.45, 2.75) is 44.3 Å². The molecule has 2 atom stereocenters. The van der Waals surface area contributed by atoms with Gasteiger partial charge in [0, 0.05) is 37.9 Å². The molecule has 1 aromatic rings. The van der Waals surface area contributed by atoms with E-state index in [0.717, 1.165) is 36.9 Å². The maximum atomic E-state index is 12.7. The van der Waals surface area contributed by atoms with Crippen molar-refractivity contribution in [2.75, 3.05) is 20.1 Å². The van der Waals surface area contributed by atoms with Crippen molar-refractivity contribution in [3.63, 3.8) is 0 Å². The summed E-state index contributed by atoms with van der Waals surface area (Å²) in [5, 5.41) is 0. The van der Waals surface area contributed by atoms with Gasteiger partial charge in [0.2, 0.25) is 5.91 Å². The first-order chi connectivity index (χ1) is 11.0. The number of carbonyl (C=O) groups is 1. The molecule has 23 heavy (non-hydrogen) atoms. The molecular formula is C16H24N4O3. The van der Waals surface area contributed by atoms with E-state index in [1.165, 1.54) is 30.3 Å². The molecule has 0 unspecified atom stereocenters. The third-order valence-corrected chi connectivity index (χ3v) is 5.21. The second kappa shape index (κ2) is 6.31. The average Bonchev–Trinajstić information content (AvgIpc) is 3.16. The van der Waals surface area contributed by atoms with Crippen LogP contribution in [0.5, 0.6) is 0 Å². The Hall–Kier alpha value is -1.89. The molecule has 2 fully saturated rings. The maximum absolute atomic E-state index is 12.7. The van der Waals surface area contributed by atoms with Crippen molar-refractivity contribution >= 4 is 5.91 Å². The molecule has 0 aliphatic carbocycles. The Bertz CT molecular complexity index is 708. The summed E-state index contributed by atoms with van der Waals surface area (Å²) < 4.78 is 2.34. The number of likely N-dealkylation sites (N-methyl/N-ethyl adjacent to an activating group) is 1. The lowest BCUT2D eigenvalue weighted by Crippen LogP contribution is -2.49. The lowest BCUT2D eigenvalue weighted by molar-refractivity contribution is -0.133. The monoisotopic (exact) mass is 320 g/mol. The van der Waals surface area contributed by atoms with Gasteiger partial charge >= 0.3 is 5.69 Å². The predicted molar refractivity (Wildman–Crippen MR) is 86.3 cm³/mol. The largest absolute Gasteiger partial charge is 0.337 e. The molecule has 3 heterocycles. The van der Waals surface area contributed by atoms with Crippen LogP contribution < -0.4 is 11.2 Å². The van der Waals surface area contributed by atoms with Gasteiger partial charge in [-0.25, -0.2) is 4.79 Å². The van der Waals surface area contributed by atoms with Crippen LogP contribution in [0.3, 0.4) is 0 Å². The fourth-order valence-corrected chi connectivity index (χ4v) is 3.90. The Kier molecular flexibility index (Phi) is 4.39. The molecule has 1 aromatic heterocycles. The van der Waals surface area contributed by atoms with Crippen molar-refractivity contribution in [2.24, 2.45) is 7.05 Å². The van der Waals surface area contributed by atoms with Gasteiger partial charge in [-0.3, -0.25) is 18.7 Å². The first kappa shape index (κ1) is 16.0. The van der Waals surface area contributed by atoms with Crippen molar-refractivity contribution < 1.29 is 4.79 Å². The Labute approximate surface area is 135 Å². The summed E-state index contributed by atoms with van der Waals surface area (Å²) in [6, 6.07) is 2.00. The molecule has 2 aliphatic heterocycles. The summed E-state index contributed by atoms with van der Waals surface area (Å²) in [6.07, 6.45) is 5.77. The minimum absolute atomic E-state index is 0.000111. The van der Waals surface area contributed by atoms with Gasteiger partial charge in [0.1, 0.15) is 6.54 Å². The van der Waals surface area contributed by atoms with E-state index in [9.17, 15) is 14.4 Å². The van der Waals surface area contributed by atoms with Crippen LogP contribution in [0.4, 0.5) is 0 Å². The fourth-order valence-electron chi connectivity index (χ4n) is 3.90. The molecule has 3 rings (SSSR count). The molecule has 126 valence electrons. The molecule has 0 saturated carbocycles. The number of carbonyl (C=O) groups excluding carboxylic acids is 1. The number of nitrogens with zero attached hydrogens (tertiary/aromatic N) is 4. The standard InChI is InChI=1S/C16H24N4O3/c1-17-8-3-5-12(17)13-6-4-9-20(13)15(22)11-19-10-7-14(21)18(2)16(19)23/h7,10,12-13H,3-6,8-9,11H2,1-2H3/t12-,13-/m1/s1. The van der Waals surface area contributed by atoms with Gasteiger partial charge in [-0.2, -0.15) is 0 Å². The second-order valence-electron chi connectivity index (χ2n) is 6.61. The zero-order chi connectivity index (χ0) is 16.6. The van der Waals surface area contributed by atoms with Crippen LogP contribution in [-0.2, 0) is 18.4 Å². The average molecular weight is 320 g/mol. The van der Waals surface area contributed by atoms with E-state index >= 15 is 0 Å². The van der Waals surface area contributed by atoms with E-state index in [2.05, 4.69) is 11.9 Å². The molecule has 7 nitrogen and oxygen atoms in total. The summed E-state index contributed by atoms with van der Waals surface area (Å²) >= 11 is 0.